The highest BCUT2D eigenvalue weighted by molar-refractivity contribution is 6.53. The van der Waals surface area contributed by atoms with Gasteiger partial charge in [0.05, 0.1) is 17.9 Å². The Labute approximate surface area is 201 Å². The van der Waals surface area contributed by atoms with Crippen LogP contribution in [0, 0.1) is 6.92 Å². The molecule has 3 aromatic rings. The maximum atomic E-state index is 12.9. The second-order valence-electron chi connectivity index (χ2n) is 7.42. The zero-order chi connectivity index (χ0) is 24.2. The van der Waals surface area contributed by atoms with Gasteiger partial charge >= 0.3 is 5.97 Å². The molecule has 1 aliphatic heterocycles. The first kappa shape index (κ1) is 23.1. The molecule has 0 spiro atoms. The molecule has 0 unspecified atom stereocenters. The highest BCUT2D eigenvalue weighted by Gasteiger charge is 2.39. The third-order valence-corrected chi connectivity index (χ3v) is 5.47. The van der Waals surface area contributed by atoms with E-state index in [1.807, 2.05) is 26.0 Å². The number of carbonyl (C=O) groups is 3. The van der Waals surface area contributed by atoms with Gasteiger partial charge in [0, 0.05) is 5.69 Å². The van der Waals surface area contributed by atoms with Crippen LogP contribution in [-0.2, 0) is 9.59 Å². The third kappa shape index (κ3) is 4.65. The molecule has 2 amide bonds. The minimum absolute atomic E-state index is 0.0456. The summed E-state index contributed by atoms with van der Waals surface area (Å²) in [7, 11) is 0. The first-order chi connectivity index (χ1) is 16.4. The topological polar surface area (TPSA) is 84.9 Å². The standard InChI is InChI=1S/C26H21ClN2O5/c1-3-33-20-14-12-19(13-15-20)29-24(30)22(27)23(25(29)31)28-18-10-8-17(9-11-18)26(32)34-21-7-5-4-6-16(21)2/h4-15,28H,3H2,1-2H3. The summed E-state index contributed by atoms with van der Waals surface area (Å²) >= 11 is 6.19. The van der Waals surface area contributed by atoms with E-state index < -0.39 is 17.8 Å². The van der Waals surface area contributed by atoms with E-state index in [1.54, 1.807) is 60.7 Å². The van der Waals surface area contributed by atoms with Crippen LogP contribution in [0.25, 0.3) is 0 Å². The molecule has 0 radical (unpaired) electrons. The molecule has 0 saturated heterocycles. The number of ether oxygens (including phenoxy) is 2. The maximum Gasteiger partial charge on any atom is 0.343 e. The van der Waals surface area contributed by atoms with Crippen molar-refractivity contribution in [3.05, 3.63) is 94.7 Å². The molecule has 7 nitrogen and oxygen atoms in total. The van der Waals surface area contributed by atoms with Crippen LogP contribution in [0.15, 0.2) is 83.5 Å². The quantitative estimate of drug-likeness (QED) is 0.292. The number of rotatable bonds is 7. The molecule has 1 N–H and O–H groups in total. The van der Waals surface area contributed by atoms with Gasteiger partial charge in [-0.2, -0.15) is 0 Å². The molecular weight excluding hydrogens is 456 g/mol. The van der Waals surface area contributed by atoms with Crippen LogP contribution in [0.1, 0.15) is 22.8 Å². The fourth-order valence-electron chi connectivity index (χ4n) is 3.37. The number of esters is 1. The minimum Gasteiger partial charge on any atom is -0.494 e. The highest BCUT2D eigenvalue weighted by atomic mass is 35.5. The van der Waals surface area contributed by atoms with Crippen molar-refractivity contribution < 1.29 is 23.9 Å². The van der Waals surface area contributed by atoms with Crippen molar-refractivity contribution in [3.63, 3.8) is 0 Å². The Morgan fingerprint density at radius 1 is 0.941 bits per heavy atom. The number of amides is 2. The molecule has 8 heteroatoms. The number of nitrogens with zero attached hydrogens (tertiary/aromatic N) is 1. The first-order valence-corrected chi connectivity index (χ1v) is 10.9. The molecule has 0 saturated carbocycles. The van der Waals surface area contributed by atoms with Crippen LogP contribution in [0.4, 0.5) is 11.4 Å². The van der Waals surface area contributed by atoms with Crippen molar-refractivity contribution in [2.24, 2.45) is 0 Å². The average molecular weight is 477 g/mol. The van der Waals surface area contributed by atoms with Crippen molar-refractivity contribution in [2.75, 3.05) is 16.8 Å². The van der Waals surface area contributed by atoms with Crippen LogP contribution in [-0.4, -0.2) is 24.4 Å². The number of carbonyl (C=O) groups excluding carboxylic acids is 3. The SMILES string of the molecule is CCOc1ccc(N2C(=O)C(Cl)=C(Nc3ccc(C(=O)Oc4ccccc4C)cc3)C2=O)cc1. The number of nitrogens with one attached hydrogen (secondary N) is 1. The lowest BCUT2D eigenvalue weighted by molar-refractivity contribution is -0.120. The summed E-state index contributed by atoms with van der Waals surface area (Å²) in [6.45, 7) is 4.22. The van der Waals surface area contributed by atoms with Gasteiger partial charge in [-0.05, 0) is 74.0 Å². The fourth-order valence-corrected chi connectivity index (χ4v) is 3.58. The van der Waals surface area contributed by atoms with E-state index in [0.29, 0.717) is 35.0 Å². The Hall–Kier alpha value is -4.10. The van der Waals surface area contributed by atoms with Gasteiger partial charge in [-0.15, -0.1) is 0 Å². The number of halogens is 1. The van der Waals surface area contributed by atoms with Gasteiger partial charge in [-0.3, -0.25) is 9.59 Å². The second kappa shape index (κ2) is 9.80. The number of benzene rings is 3. The summed E-state index contributed by atoms with van der Waals surface area (Å²) in [5.74, 6) is -0.606. The Kier molecular flexibility index (Phi) is 6.65. The van der Waals surface area contributed by atoms with Crippen LogP contribution in [0.3, 0.4) is 0 Å². The van der Waals surface area contributed by atoms with E-state index in [0.717, 1.165) is 10.5 Å². The fraction of sp³-hybridized carbons (Fsp3) is 0.115. The van der Waals surface area contributed by atoms with E-state index in [1.165, 1.54) is 0 Å². The molecule has 1 heterocycles. The molecule has 34 heavy (non-hydrogen) atoms. The predicted octanol–water partition coefficient (Wildman–Crippen LogP) is 5.05. The molecule has 0 bridgehead atoms. The second-order valence-corrected chi connectivity index (χ2v) is 7.80. The molecule has 0 aromatic heterocycles. The van der Waals surface area contributed by atoms with Crippen molar-refractivity contribution in [1.29, 1.82) is 0 Å². The largest absolute Gasteiger partial charge is 0.494 e. The molecule has 172 valence electrons. The lowest BCUT2D eigenvalue weighted by atomic mass is 10.2. The number of hydrogen-bond acceptors (Lipinski definition) is 6. The van der Waals surface area contributed by atoms with Gasteiger partial charge in [0.15, 0.2) is 0 Å². The monoisotopic (exact) mass is 476 g/mol. The number of imide groups is 1. The maximum absolute atomic E-state index is 12.9. The van der Waals surface area contributed by atoms with Gasteiger partial charge in [0.1, 0.15) is 22.2 Å². The minimum atomic E-state index is -0.628. The molecule has 0 fully saturated rings. The van der Waals surface area contributed by atoms with E-state index in [2.05, 4.69) is 5.32 Å². The van der Waals surface area contributed by atoms with Crippen molar-refractivity contribution in [3.8, 4) is 11.5 Å². The Morgan fingerprint density at radius 3 is 2.26 bits per heavy atom. The summed E-state index contributed by atoms with van der Waals surface area (Å²) < 4.78 is 10.8. The van der Waals surface area contributed by atoms with Crippen LogP contribution in [0.5, 0.6) is 11.5 Å². The van der Waals surface area contributed by atoms with Gasteiger partial charge in [0.25, 0.3) is 11.8 Å². The van der Waals surface area contributed by atoms with E-state index >= 15 is 0 Å². The molecular formula is C26H21ClN2O5. The molecule has 1 aliphatic rings. The van der Waals surface area contributed by atoms with Gasteiger partial charge in [0.2, 0.25) is 0 Å². The van der Waals surface area contributed by atoms with Crippen LogP contribution in [0.2, 0.25) is 0 Å². The zero-order valence-electron chi connectivity index (χ0n) is 18.5. The summed E-state index contributed by atoms with van der Waals surface area (Å²) in [6, 6.07) is 20.1. The van der Waals surface area contributed by atoms with E-state index in [9.17, 15) is 14.4 Å². The molecule has 0 aliphatic carbocycles. The van der Waals surface area contributed by atoms with Gasteiger partial charge in [-0.1, -0.05) is 29.8 Å². The summed E-state index contributed by atoms with van der Waals surface area (Å²) in [5.41, 5.74) is 1.99. The van der Waals surface area contributed by atoms with E-state index in [4.69, 9.17) is 21.1 Å². The average Bonchev–Trinajstić information content (AvgIpc) is 3.05. The molecule has 4 rings (SSSR count). The third-order valence-electron chi connectivity index (χ3n) is 5.12. The summed E-state index contributed by atoms with van der Waals surface area (Å²) in [4.78, 5) is 39.0. The molecule has 0 atom stereocenters. The van der Waals surface area contributed by atoms with Crippen molar-refractivity contribution >= 4 is 40.8 Å². The predicted molar refractivity (Wildman–Crippen MR) is 129 cm³/mol. The lowest BCUT2D eigenvalue weighted by Crippen LogP contribution is -2.32. The van der Waals surface area contributed by atoms with Crippen molar-refractivity contribution in [1.82, 2.24) is 0 Å². The number of hydrogen-bond donors (Lipinski definition) is 1. The first-order valence-electron chi connectivity index (χ1n) is 10.6. The normalized spacial score (nSPS) is 13.3. The number of anilines is 2. The zero-order valence-corrected chi connectivity index (χ0v) is 19.3. The van der Waals surface area contributed by atoms with Gasteiger partial charge < -0.3 is 14.8 Å². The summed E-state index contributed by atoms with van der Waals surface area (Å²) in [5, 5.41) is 2.67. The Morgan fingerprint density at radius 2 is 1.62 bits per heavy atom. The Balaban J connectivity index is 1.47. The smallest absolute Gasteiger partial charge is 0.343 e. The number of aryl methyl sites for hydroxylation is 1. The Bertz CT molecular complexity index is 1280. The van der Waals surface area contributed by atoms with Crippen LogP contribution < -0.4 is 19.7 Å². The van der Waals surface area contributed by atoms with E-state index in [-0.39, 0.29) is 10.7 Å². The van der Waals surface area contributed by atoms with Crippen molar-refractivity contribution in [2.45, 2.75) is 13.8 Å². The van der Waals surface area contributed by atoms with Crippen LogP contribution >= 0.6 is 11.6 Å². The highest BCUT2D eigenvalue weighted by Crippen LogP contribution is 2.31. The summed E-state index contributed by atoms with van der Waals surface area (Å²) in [6.07, 6.45) is 0. The number of para-hydroxylation sites is 1. The lowest BCUT2D eigenvalue weighted by Gasteiger charge is -2.15. The molecule has 3 aromatic carbocycles. The van der Waals surface area contributed by atoms with Gasteiger partial charge in [-0.25, -0.2) is 9.69 Å².